The van der Waals surface area contributed by atoms with Crippen LogP contribution in [0, 0.1) is 5.41 Å². The molecule has 1 aromatic heterocycles. The minimum absolute atomic E-state index is 0.0619. The minimum atomic E-state index is -3.62. The Labute approximate surface area is 80.6 Å². The van der Waals surface area contributed by atoms with Gasteiger partial charge in [0.2, 0.25) is 0 Å². The van der Waals surface area contributed by atoms with E-state index >= 15 is 0 Å². The molecule has 0 radical (unpaired) electrons. The van der Waals surface area contributed by atoms with E-state index in [9.17, 15) is 8.42 Å². The molecule has 0 saturated carbocycles. The van der Waals surface area contributed by atoms with Crippen molar-refractivity contribution in [3.63, 3.8) is 0 Å². The molecule has 0 aliphatic heterocycles. The fraction of sp³-hybridized carbons (Fsp3) is 0.200. The van der Waals surface area contributed by atoms with Gasteiger partial charge in [-0.05, 0) is 0 Å². The molecule has 0 aliphatic rings. The molecule has 14 heavy (non-hydrogen) atoms. The van der Waals surface area contributed by atoms with Gasteiger partial charge >= 0.3 is 0 Å². The van der Waals surface area contributed by atoms with E-state index in [0.717, 1.165) is 0 Å². The third-order valence-corrected chi connectivity index (χ3v) is 2.44. The molecule has 0 saturated heterocycles. The summed E-state index contributed by atoms with van der Waals surface area (Å²) in [7, 11) is -2.37. The molecule has 9 heteroatoms. The van der Waals surface area contributed by atoms with Crippen molar-refractivity contribution in [2.75, 3.05) is 11.8 Å². The second-order valence-corrected chi connectivity index (χ2v) is 4.00. The number of hydrogen-bond acceptors (Lipinski definition) is 4. The summed E-state index contributed by atoms with van der Waals surface area (Å²) < 4.78 is 26.3. The smallest absolute Gasteiger partial charge is 0.300 e. The van der Waals surface area contributed by atoms with E-state index in [1.165, 1.54) is 13.2 Å². The lowest BCUT2D eigenvalue weighted by molar-refractivity contribution is 0.593. The van der Waals surface area contributed by atoms with Crippen LogP contribution in [0.25, 0.3) is 0 Å². The molecule has 0 atom stereocenters. The summed E-state index contributed by atoms with van der Waals surface area (Å²) in [4.78, 5) is 0. The summed E-state index contributed by atoms with van der Waals surface area (Å²) in [5.41, 5.74) is 5.39. The molecule has 6 N–H and O–H groups in total. The molecule has 1 heterocycles. The number of nitrogens with one attached hydrogen (secondary N) is 4. The van der Waals surface area contributed by atoms with Crippen LogP contribution in [-0.2, 0) is 10.2 Å². The quantitative estimate of drug-likeness (QED) is 0.312. The Morgan fingerprint density at radius 2 is 2.36 bits per heavy atom. The Bertz CT molecular complexity index is 435. The first-order valence-electron chi connectivity index (χ1n) is 3.55. The fourth-order valence-electron chi connectivity index (χ4n) is 0.754. The molecule has 0 aromatic carbocycles. The number of H-pyrrole nitrogens is 1. The van der Waals surface area contributed by atoms with Crippen molar-refractivity contribution in [3.05, 3.63) is 11.8 Å². The summed E-state index contributed by atoms with van der Waals surface area (Å²) in [6, 6.07) is 0. The molecular weight excluding hydrogens is 208 g/mol. The summed E-state index contributed by atoms with van der Waals surface area (Å²) in [5, 5.41) is 13.1. The lowest BCUT2D eigenvalue weighted by atomic mass is 10.3. The van der Waals surface area contributed by atoms with Gasteiger partial charge in [0.25, 0.3) is 10.2 Å². The second kappa shape index (κ2) is 3.64. The highest BCUT2D eigenvalue weighted by atomic mass is 32.2. The predicted octanol–water partition coefficient (Wildman–Crippen LogP) is -1.43. The lowest BCUT2D eigenvalue weighted by Crippen LogP contribution is -2.27. The molecule has 0 aliphatic carbocycles. The van der Waals surface area contributed by atoms with Gasteiger partial charge in [-0.2, -0.15) is 13.5 Å². The molecular formula is C5H10N6O2S. The van der Waals surface area contributed by atoms with Gasteiger partial charge in [0.15, 0.2) is 0 Å². The van der Waals surface area contributed by atoms with Crippen LogP contribution in [0.4, 0.5) is 5.82 Å². The number of anilines is 1. The summed E-state index contributed by atoms with van der Waals surface area (Å²) in [5.74, 6) is -0.209. The van der Waals surface area contributed by atoms with Crippen LogP contribution in [0.2, 0.25) is 0 Å². The molecule has 0 bridgehead atoms. The van der Waals surface area contributed by atoms with E-state index in [2.05, 4.69) is 14.9 Å². The number of aromatic amines is 1. The normalized spacial score (nSPS) is 11.2. The first kappa shape index (κ1) is 10.5. The van der Waals surface area contributed by atoms with E-state index in [0.29, 0.717) is 0 Å². The second-order valence-electron chi connectivity index (χ2n) is 2.38. The number of hydrogen-bond donors (Lipinski definition) is 5. The van der Waals surface area contributed by atoms with Gasteiger partial charge in [-0.15, -0.1) is 0 Å². The molecule has 1 rings (SSSR count). The third-order valence-electron chi connectivity index (χ3n) is 1.43. The highest BCUT2D eigenvalue weighted by molar-refractivity contribution is 7.90. The first-order valence-corrected chi connectivity index (χ1v) is 5.03. The van der Waals surface area contributed by atoms with E-state index in [4.69, 9.17) is 11.1 Å². The van der Waals surface area contributed by atoms with E-state index in [1.54, 1.807) is 0 Å². The summed E-state index contributed by atoms with van der Waals surface area (Å²) in [6.07, 6.45) is 1.26. The largest absolute Gasteiger partial charge is 0.384 e. The standard InChI is InChI=1S/C5H10N6O2S/c1-8-14(12,13)11-5-3(4(6)7)2-9-10-5/h2,8H,1H3,(H3,6,7)(H2,9,10,11). The number of nitrogens with zero attached hydrogens (tertiary/aromatic N) is 1. The predicted molar refractivity (Wildman–Crippen MR) is 51.2 cm³/mol. The maximum Gasteiger partial charge on any atom is 0.300 e. The van der Waals surface area contributed by atoms with Crippen LogP contribution in [0.3, 0.4) is 0 Å². The molecule has 0 spiro atoms. The van der Waals surface area contributed by atoms with Crippen molar-refractivity contribution < 1.29 is 8.42 Å². The van der Waals surface area contributed by atoms with Crippen LogP contribution < -0.4 is 15.2 Å². The van der Waals surface area contributed by atoms with Crippen molar-refractivity contribution in [1.82, 2.24) is 14.9 Å². The van der Waals surface area contributed by atoms with Crippen LogP contribution in [0.5, 0.6) is 0 Å². The average Bonchev–Trinajstić information content (AvgIpc) is 2.51. The third kappa shape index (κ3) is 2.20. The maximum atomic E-state index is 11.1. The van der Waals surface area contributed by atoms with Gasteiger partial charge in [0.05, 0.1) is 11.8 Å². The van der Waals surface area contributed by atoms with Gasteiger partial charge in [0.1, 0.15) is 11.7 Å². The Hall–Kier alpha value is -1.61. The SMILES string of the molecule is CNS(=O)(=O)Nc1[nH]ncc1C(=N)N. The molecule has 78 valence electrons. The zero-order valence-electron chi connectivity index (χ0n) is 7.33. The average molecular weight is 218 g/mol. The Kier molecular flexibility index (Phi) is 2.72. The number of aromatic nitrogens is 2. The fourth-order valence-corrected chi connectivity index (χ4v) is 1.28. The lowest BCUT2D eigenvalue weighted by Gasteiger charge is -2.05. The van der Waals surface area contributed by atoms with Gasteiger partial charge < -0.3 is 5.73 Å². The van der Waals surface area contributed by atoms with Crippen LogP contribution >= 0.6 is 0 Å². The number of rotatable bonds is 4. The van der Waals surface area contributed by atoms with Crippen molar-refractivity contribution in [2.45, 2.75) is 0 Å². The van der Waals surface area contributed by atoms with E-state index in [1.807, 2.05) is 4.72 Å². The number of amidine groups is 1. The summed E-state index contributed by atoms with van der Waals surface area (Å²) >= 11 is 0. The van der Waals surface area contributed by atoms with Gasteiger partial charge in [-0.3, -0.25) is 15.2 Å². The van der Waals surface area contributed by atoms with Gasteiger partial charge in [0, 0.05) is 7.05 Å². The van der Waals surface area contributed by atoms with Crippen LogP contribution in [0.15, 0.2) is 6.20 Å². The van der Waals surface area contributed by atoms with Crippen molar-refractivity contribution in [1.29, 1.82) is 5.41 Å². The van der Waals surface area contributed by atoms with Crippen molar-refractivity contribution in [2.24, 2.45) is 5.73 Å². The molecule has 0 fully saturated rings. The van der Waals surface area contributed by atoms with Gasteiger partial charge in [-0.25, -0.2) is 4.72 Å². The van der Waals surface area contributed by atoms with Crippen molar-refractivity contribution >= 4 is 21.9 Å². The Morgan fingerprint density at radius 1 is 1.71 bits per heavy atom. The van der Waals surface area contributed by atoms with Crippen LogP contribution in [0.1, 0.15) is 5.56 Å². The maximum absolute atomic E-state index is 11.1. The number of nitrogen functional groups attached to an aromatic ring is 1. The number of nitrogens with two attached hydrogens (primary N) is 1. The first-order chi connectivity index (χ1) is 6.46. The molecule has 0 amide bonds. The molecule has 0 unspecified atom stereocenters. The van der Waals surface area contributed by atoms with Crippen LogP contribution in [-0.4, -0.2) is 31.5 Å². The zero-order chi connectivity index (χ0) is 10.8. The zero-order valence-corrected chi connectivity index (χ0v) is 8.14. The topological polar surface area (TPSA) is 137 Å². The summed E-state index contributed by atoms with van der Waals surface area (Å²) in [6.45, 7) is 0. The molecule has 1 aromatic rings. The monoisotopic (exact) mass is 218 g/mol. The Balaban J connectivity index is 2.98. The van der Waals surface area contributed by atoms with E-state index in [-0.39, 0.29) is 17.2 Å². The Morgan fingerprint density at radius 3 is 2.86 bits per heavy atom. The highest BCUT2D eigenvalue weighted by Gasteiger charge is 2.13. The van der Waals surface area contributed by atoms with Crippen molar-refractivity contribution in [3.8, 4) is 0 Å². The van der Waals surface area contributed by atoms with Gasteiger partial charge in [-0.1, -0.05) is 0 Å². The highest BCUT2D eigenvalue weighted by Crippen LogP contribution is 2.10. The minimum Gasteiger partial charge on any atom is -0.384 e. The molecule has 8 nitrogen and oxygen atoms in total. The van der Waals surface area contributed by atoms with E-state index < -0.39 is 10.2 Å².